The van der Waals surface area contributed by atoms with Crippen LogP contribution in [-0.2, 0) is 0 Å². The molecule has 0 aromatic heterocycles. The zero-order valence-electron chi connectivity index (χ0n) is 7.51. The zero-order valence-corrected chi connectivity index (χ0v) is 10.7. The summed E-state index contributed by atoms with van der Waals surface area (Å²) in [5, 5.41) is 3.02. The summed E-state index contributed by atoms with van der Waals surface area (Å²) < 4.78 is 1.92. The summed E-state index contributed by atoms with van der Waals surface area (Å²) in [5.41, 5.74) is 3.34. The number of rotatable bonds is 1. The number of benzene rings is 1. The lowest BCUT2D eigenvalue weighted by Crippen LogP contribution is -2.36. The van der Waals surface area contributed by atoms with Crippen LogP contribution in [0.25, 0.3) is 0 Å². The summed E-state index contributed by atoms with van der Waals surface area (Å²) in [5.74, 6) is 5.75. The molecule has 14 heavy (non-hydrogen) atoms. The van der Waals surface area contributed by atoms with Crippen molar-refractivity contribution >= 4 is 43.5 Å². The molecule has 0 aliphatic rings. The van der Waals surface area contributed by atoms with Crippen molar-refractivity contribution in [2.75, 3.05) is 12.4 Å². The summed E-state index contributed by atoms with van der Waals surface area (Å²) in [7, 11) is 1.65. The van der Waals surface area contributed by atoms with Crippen molar-refractivity contribution in [3.05, 3.63) is 27.1 Å². The van der Waals surface area contributed by atoms with Crippen LogP contribution < -0.4 is 16.6 Å². The molecule has 0 heterocycles. The Hall–Kier alpha value is -0.590. The van der Waals surface area contributed by atoms with Crippen LogP contribution in [0.3, 0.4) is 0 Å². The van der Waals surface area contributed by atoms with E-state index in [2.05, 4.69) is 47.6 Å². The Morgan fingerprint density at radius 3 is 2.71 bits per heavy atom. The first-order chi connectivity index (χ1) is 6.67. The Morgan fingerprint density at radius 2 is 2.14 bits per heavy atom. The number of halogens is 2. The molecule has 0 amide bonds. The summed E-state index contributed by atoms with van der Waals surface area (Å²) in [4.78, 5) is 3.91. The third kappa shape index (κ3) is 2.97. The number of guanidine groups is 1. The number of hydrogen-bond acceptors (Lipinski definition) is 2. The lowest BCUT2D eigenvalue weighted by molar-refractivity contribution is 1.01. The van der Waals surface area contributed by atoms with Crippen LogP contribution in [0.2, 0.25) is 0 Å². The van der Waals surface area contributed by atoms with E-state index in [0.717, 1.165) is 14.6 Å². The fourth-order valence-electron chi connectivity index (χ4n) is 0.877. The first-order valence-corrected chi connectivity index (χ1v) is 5.41. The second-order valence-electron chi connectivity index (χ2n) is 2.47. The topological polar surface area (TPSA) is 62.4 Å². The highest BCUT2D eigenvalue weighted by molar-refractivity contribution is 9.11. The van der Waals surface area contributed by atoms with Crippen molar-refractivity contribution in [3.8, 4) is 0 Å². The maximum Gasteiger partial charge on any atom is 0.210 e. The van der Waals surface area contributed by atoms with Gasteiger partial charge in [-0.15, -0.1) is 0 Å². The minimum atomic E-state index is 0.504. The van der Waals surface area contributed by atoms with Gasteiger partial charge in [-0.2, -0.15) is 0 Å². The van der Waals surface area contributed by atoms with Crippen LogP contribution in [-0.4, -0.2) is 13.0 Å². The minimum absolute atomic E-state index is 0.504. The molecular weight excluding hydrogens is 312 g/mol. The van der Waals surface area contributed by atoms with Crippen molar-refractivity contribution in [2.45, 2.75) is 0 Å². The van der Waals surface area contributed by atoms with Gasteiger partial charge in [0.05, 0.1) is 5.69 Å². The second-order valence-corrected chi connectivity index (χ2v) is 4.24. The standard InChI is InChI=1S/C8H10Br2N4/c1-12-8(14-11)13-7-4-5(9)2-3-6(7)10/h2-4H,11H2,1H3,(H2,12,13,14). The first kappa shape index (κ1) is 11.5. The first-order valence-electron chi connectivity index (χ1n) is 3.83. The number of nitrogens with zero attached hydrogens (tertiary/aromatic N) is 1. The van der Waals surface area contributed by atoms with Crippen LogP contribution >= 0.6 is 31.9 Å². The van der Waals surface area contributed by atoms with Gasteiger partial charge in [0.15, 0.2) is 0 Å². The molecule has 0 fully saturated rings. The van der Waals surface area contributed by atoms with Crippen molar-refractivity contribution in [3.63, 3.8) is 0 Å². The van der Waals surface area contributed by atoms with E-state index in [1.165, 1.54) is 0 Å². The van der Waals surface area contributed by atoms with Crippen molar-refractivity contribution in [1.82, 2.24) is 5.43 Å². The highest BCUT2D eigenvalue weighted by atomic mass is 79.9. The van der Waals surface area contributed by atoms with E-state index < -0.39 is 0 Å². The van der Waals surface area contributed by atoms with Crippen LogP contribution in [0.15, 0.2) is 32.1 Å². The number of hydrazine groups is 1. The van der Waals surface area contributed by atoms with Gasteiger partial charge in [0.1, 0.15) is 0 Å². The van der Waals surface area contributed by atoms with Gasteiger partial charge in [0.25, 0.3) is 0 Å². The quantitative estimate of drug-likeness (QED) is 0.321. The normalized spacial score (nSPS) is 11.3. The van der Waals surface area contributed by atoms with Gasteiger partial charge in [-0.1, -0.05) is 15.9 Å². The number of nitrogens with one attached hydrogen (secondary N) is 2. The molecule has 0 saturated heterocycles. The van der Waals surface area contributed by atoms with E-state index in [-0.39, 0.29) is 0 Å². The highest BCUT2D eigenvalue weighted by Crippen LogP contribution is 2.25. The van der Waals surface area contributed by atoms with Gasteiger partial charge >= 0.3 is 0 Å². The highest BCUT2D eigenvalue weighted by Gasteiger charge is 2.02. The van der Waals surface area contributed by atoms with Crippen molar-refractivity contribution < 1.29 is 0 Å². The molecule has 1 aromatic carbocycles. The Labute approximate surface area is 99.2 Å². The summed E-state index contributed by atoms with van der Waals surface area (Å²) in [6, 6.07) is 5.79. The fraction of sp³-hybridized carbons (Fsp3) is 0.125. The van der Waals surface area contributed by atoms with E-state index in [1.54, 1.807) is 7.05 Å². The molecule has 76 valence electrons. The van der Waals surface area contributed by atoms with Gasteiger partial charge in [-0.3, -0.25) is 10.4 Å². The van der Waals surface area contributed by atoms with E-state index in [9.17, 15) is 0 Å². The fourth-order valence-corrected chi connectivity index (χ4v) is 1.58. The zero-order chi connectivity index (χ0) is 10.6. The molecule has 0 bridgehead atoms. The molecule has 1 rings (SSSR count). The van der Waals surface area contributed by atoms with Gasteiger partial charge in [-0.25, -0.2) is 5.84 Å². The molecule has 0 atom stereocenters. The van der Waals surface area contributed by atoms with Gasteiger partial charge in [-0.05, 0) is 34.1 Å². The predicted octanol–water partition coefficient (Wildman–Crippen LogP) is 2.07. The molecule has 0 saturated carbocycles. The average molecular weight is 322 g/mol. The van der Waals surface area contributed by atoms with Crippen LogP contribution in [0.1, 0.15) is 0 Å². The molecule has 0 spiro atoms. The Morgan fingerprint density at radius 1 is 1.43 bits per heavy atom. The van der Waals surface area contributed by atoms with Gasteiger partial charge in [0, 0.05) is 16.0 Å². The molecule has 1 aromatic rings. The van der Waals surface area contributed by atoms with Crippen molar-refractivity contribution in [1.29, 1.82) is 0 Å². The largest absolute Gasteiger partial charge is 0.324 e. The molecule has 0 unspecified atom stereocenters. The molecular formula is C8H10Br2N4. The second kappa shape index (κ2) is 5.33. The van der Waals surface area contributed by atoms with E-state index in [0.29, 0.717) is 5.96 Å². The molecule has 6 heteroatoms. The van der Waals surface area contributed by atoms with E-state index in [1.807, 2.05) is 18.2 Å². The van der Waals surface area contributed by atoms with Crippen LogP contribution in [0.4, 0.5) is 5.69 Å². The van der Waals surface area contributed by atoms with Crippen LogP contribution in [0.5, 0.6) is 0 Å². The lowest BCUT2D eigenvalue weighted by Gasteiger charge is -2.10. The molecule has 4 nitrogen and oxygen atoms in total. The third-order valence-corrected chi connectivity index (χ3v) is 2.73. The number of nitrogens with two attached hydrogens (primary N) is 1. The predicted molar refractivity (Wildman–Crippen MR) is 66.1 cm³/mol. The monoisotopic (exact) mass is 320 g/mol. The SMILES string of the molecule is CN=C(NN)Nc1cc(Br)ccc1Br. The molecule has 4 N–H and O–H groups in total. The third-order valence-electron chi connectivity index (χ3n) is 1.54. The maximum atomic E-state index is 5.25. The van der Waals surface area contributed by atoms with Crippen molar-refractivity contribution in [2.24, 2.45) is 10.8 Å². The minimum Gasteiger partial charge on any atom is -0.324 e. The summed E-state index contributed by atoms with van der Waals surface area (Å²) in [6.07, 6.45) is 0. The summed E-state index contributed by atoms with van der Waals surface area (Å²) >= 11 is 6.79. The Bertz CT molecular complexity index is 351. The Balaban J connectivity index is 2.90. The lowest BCUT2D eigenvalue weighted by atomic mass is 10.3. The Kier molecular flexibility index (Phi) is 4.37. The molecule has 0 aliphatic heterocycles. The van der Waals surface area contributed by atoms with Crippen LogP contribution in [0, 0.1) is 0 Å². The number of aliphatic imine (C=N–C) groups is 1. The number of hydrogen-bond donors (Lipinski definition) is 3. The van der Waals surface area contributed by atoms with Gasteiger partial charge < -0.3 is 5.32 Å². The molecule has 0 aliphatic carbocycles. The molecule has 0 radical (unpaired) electrons. The maximum absolute atomic E-state index is 5.25. The smallest absolute Gasteiger partial charge is 0.210 e. The van der Waals surface area contributed by atoms with E-state index in [4.69, 9.17) is 5.84 Å². The average Bonchev–Trinajstić information content (AvgIpc) is 2.19. The summed E-state index contributed by atoms with van der Waals surface area (Å²) in [6.45, 7) is 0. The number of anilines is 1. The van der Waals surface area contributed by atoms with E-state index >= 15 is 0 Å². The van der Waals surface area contributed by atoms with Gasteiger partial charge in [0.2, 0.25) is 5.96 Å².